The van der Waals surface area contributed by atoms with Crippen LogP contribution in [0.4, 0.5) is 10.1 Å². The average Bonchev–Trinajstić information content (AvgIpc) is 3.33. The standard InChI is InChI=1S/C22H27FN6O3/c1-6-17(21(31)24-22(3,4)5)29(16-9-7-8-15(23)12-16)19(30)13-28-26-20(25-27-28)18-11-10-14(2)32-18/h7-12,17H,6,13H2,1-5H3,(H,24,31). The lowest BCUT2D eigenvalue weighted by Crippen LogP contribution is -2.54. The molecule has 2 aromatic heterocycles. The normalized spacial score (nSPS) is 12.4. The average molecular weight is 442 g/mol. The van der Waals surface area contributed by atoms with Crippen molar-refractivity contribution < 1.29 is 18.4 Å². The summed E-state index contributed by atoms with van der Waals surface area (Å²) in [7, 11) is 0. The van der Waals surface area contributed by atoms with Crippen LogP contribution >= 0.6 is 0 Å². The van der Waals surface area contributed by atoms with Crippen LogP contribution in [0.1, 0.15) is 39.9 Å². The first-order valence-electron chi connectivity index (χ1n) is 10.3. The van der Waals surface area contributed by atoms with E-state index in [4.69, 9.17) is 4.42 Å². The number of carbonyl (C=O) groups is 2. The first kappa shape index (κ1) is 23.1. The molecule has 3 rings (SSSR count). The van der Waals surface area contributed by atoms with E-state index in [1.807, 2.05) is 20.8 Å². The van der Waals surface area contributed by atoms with Crippen LogP contribution in [0.2, 0.25) is 0 Å². The molecule has 0 radical (unpaired) electrons. The highest BCUT2D eigenvalue weighted by Gasteiger charge is 2.32. The minimum atomic E-state index is -0.848. The second kappa shape index (κ2) is 9.29. The fourth-order valence-corrected chi connectivity index (χ4v) is 3.22. The van der Waals surface area contributed by atoms with Gasteiger partial charge in [0.05, 0.1) is 0 Å². The van der Waals surface area contributed by atoms with Gasteiger partial charge in [-0.3, -0.25) is 14.5 Å². The van der Waals surface area contributed by atoms with Crippen molar-refractivity contribution in [3.63, 3.8) is 0 Å². The van der Waals surface area contributed by atoms with Crippen LogP contribution in [0.25, 0.3) is 11.6 Å². The number of nitrogens with one attached hydrogen (secondary N) is 1. The van der Waals surface area contributed by atoms with Gasteiger partial charge in [0.15, 0.2) is 5.76 Å². The van der Waals surface area contributed by atoms with E-state index < -0.39 is 23.3 Å². The highest BCUT2D eigenvalue weighted by Crippen LogP contribution is 2.22. The molecule has 32 heavy (non-hydrogen) atoms. The number of benzene rings is 1. The number of tetrazole rings is 1. The molecule has 0 aliphatic carbocycles. The Kier molecular flexibility index (Phi) is 6.71. The number of carbonyl (C=O) groups excluding carboxylic acids is 2. The molecular formula is C22H27FN6O3. The Labute approximate surface area is 185 Å². The molecule has 0 fully saturated rings. The van der Waals surface area contributed by atoms with Crippen molar-refractivity contribution in [3.05, 3.63) is 48.0 Å². The van der Waals surface area contributed by atoms with Crippen molar-refractivity contribution in [2.45, 2.75) is 59.2 Å². The van der Waals surface area contributed by atoms with Gasteiger partial charge in [-0.05, 0) is 69.7 Å². The number of anilines is 1. The lowest BCUT2D eigenvalue weighted by molar-refractivity contribution is -0.128. The Bertz CT molecular complexity index is 1100. The molecule has 1 unspecified atom stereocenters. The molecule has 0 aliphatic rings. The predicted octanol–water partition coefficient (Wildman–Crippen LogP) is 3.11. The Morgan fingerprint density at radius 1 is 1.25 bits per heavy atom. The van der Waals surface area contributed by atoms with E-state index in [9.17, 15) is 14.0 Å². The van der Waals surface area contributed by atoms with Crippen molar-refractivity contribution in [3.8, 4) is 11.6 Å². The molecule has 0 saturated heterocycles. The molecule has 0 aliphatic heterocycles. The lowest BCUT2D eigenvalue weighted by atomic mass is 10.1. The van der Waals surface area contributed by atoms with Gasteiger partial charge in [0.2, 0.25) is 11.7 Å². The quantitative estimate of drug-likeness (QED) is 0.603. The number of rotatable bonds is 7. The van der Waals surface area contributed by atoms with Crippen LogP contribution in [0, 0.1) is 12.7 Å². The van der Waals surface area contributed by atoms with E-state index in [0.29, 0.717) is 17.9 Å². The van der Waals surface area contributed by atoms with E-state index in [-0.39, 0.29) is 24.0 Å². The van der Waals surface area contributed by atoms with Crippen LogP contribution in [-0.4, -0.2) is 43.6 Å². The van der Waals surface area contributed by atoms with Crippen LogP contribution < -0.4 is 10.2 Å². The Morgan fingerprint density at radius 3 is 2.59 bits per heavy atom. The number of halogens is 1. The third-order valence-electron chi connectivity index (χ3n) is 4.54. The summed E-state index contributed by atoms with van der Waals surface area (Å²) in [5.74, 6) is 0.0305. The van der Waals surface area contributed by atoms with Gasteiger partial charge in [0.1, 0.15) is 24.2 Å². The van der Waals surface area contributed by atoms with Crippen molar-refractivity contribution in [1.29, 1.82) is 0 Å². The molecule has 1 aromatic carbocycles. The summed E-state index contributed by atoms with van der Waals surface area (Å²) in [4.78, 5) is 28.7. The SMILES string of the molecule is CCC(C(=O)NC(C)(C)C)N(C(=O)Cn1nnc(-c2ccc(C)o2)n1)c1cccc(F)c1. The van der Waals surface area contributed by atoms with E-state index >= 15 is 0 Å². The van der Waals surface area contributed by atoms with E-state index in [1.165, 1.54) is 23.1 Å². The second-order valence-corrected chi connectivity index (χ2v) is 8.46. The van der Waals surface area contributed by atoms with Gasteiger partial charge in [-0.25, -0.2) is 4.39 Å². The van der Waals surface area contributed by atoms with Crippen molar-refractivity contribution in [1.82, 2.24) is 25.5 Å². The van der Waals surface area contributed by atoms with Gasteiger partial charge in [0.25, 0.3) is 5.91 Å². The fourth-order valence-electron chi connectivity index (χ4n) is 3.22. The van der Waals surface area contributed by atoms with Gasteiger partial charge in [0, 0.05) is 11.2 Å². The second-order valence-electron chi connectivity index (χ2n) is 8.46. The number of aromatic nitrogens is 4. The summed E-state index contributed by atoms with van der Waals surface area (Å²) in [6, 6.07) is 8.20. The zero-order valence-corrected chi connectivity index (χ0v) is 18.8. The number of aryl methyl sites for hydroxylation is 1. The zero-order valence-electron chi connectivity index (χ0n) is 18.8. The molecule has 2 heterocycles. The molecule has 3 aromatic rings. The van der Waals surface area contributed by atoms with Crippen molar-refractivity contribution >= 4 is 17.5 Å². The van der Waals surface area contributed by atoms with Gasteiger partial charge in [-0.1, -0.05) is 13.0 Å². The fraction of sp³-hybridized carbons (Fsp3) is 0.409. The van der Waals surface area contributed by atoms with Gasteiger partial charge in [-0.15, -0.1) is 10.2 Å². The molecule has 9 nitrogen and oxygen atoms in total. The highest BCUT2D eigenvalue weighted by atomic mass is 19.1. The monoisotopic (exact) mass is 442 g/mol. The largest absolute Gasteiger partial charge is 0.458 e. The van der Waals surface area contributed by atoms with Crippen molar-refractivity contribution in [2.75, 3.05) is 4.90 Å². The number of furan rings is 1. The molecule has 0 bridgehead atoms. The maximum atomic E-state index is 14.0. The highest BCUT2D eigenvalue weighted by molar-refractivity contribution is 6.00. The van der Waals surface area contributed by atoms with Gasteiger partial charge in [-0.2, -0.15) is 4.80 Å². The third kappa shape index (κ3) is 5.57. The number of hydrogen-bond acceptors (Lipinski definition) is 6. The zero-order chi connectivity index (χ0) is 23.5. The molecule has 1 N–H and O–H groups in total. The molecule has 10 heteroatoms. The third-order valence-corrected chi connectivity index (χ3v) is 4.54. The summed E-state index contributed by atoms with van der Waals surface area (Å²) in [6.45, 7) is 8.84. The first-order valence-corrected chi connectivity index (χ1v) is 10.3. The maximum Gasteiger partial charge on any atom is 0.251 e. The van der Waals surface area contributed by atoms with E-state index in [2.05, 4.69) is 20.7 Å². The lowest BCUT2D eigenvalue weighted by Gasteiger charge is -2.32. The van der Waals surface area contributed by atoms with Crippen molar-refractivity contribution in [2.24, 2.45) is 0 Å². The van der Waals surface area contributed by atoms with Crippen LogP contribution in [0.15, 0.2) is 40.8 Å². The first-order chi connectivity index (χ1) is 15.1. The summed E-state index contributed by atoms with van der Waals surface area (Å²) >= 11 is 0. The van der Waals surface area contributed by atoms with Crippen LogP contribution in [0.3, 0.4) is 0 Å². The van der Waals surface area contributed by atoms with Crippen LogP contribution in [-0.2, 0) is 16.1 Å². The summed E-state index contributed by atoms with van der Waals surface area (Å²) in [6.07, 6.45) is 0.325. The molecule has 2 amide bonds. The van der Waals surface area contributed by atoms with E-state index in [0.717, 1.165) is 4.80 Å². The summed E-state index contributed by atoms with van der Waals surface area (Å²) in [5.41, 5.74) is -0.224. The minimum absolute atomic E-state index is 0.237. The summed E-state index contributed by atoms with van der Waals surface area (Å²) in [5, 5.41) is 14.9. The molecule has 0 saturated carbocycles. The maximum absolute atomic E-state index is 14.0. The van der Waals surface area contributed by atoms with E-state index in [1.54, 1.807) is 32.0 Å². The minimum Gasteiger partial charge on any atom is -0.458 e. The number of amides is 2. The Hall–Kier alpha value is -3.56. The topological polar surface area (TPSA) is 106 Å². The smallest absolute Gasteiger partial charge is 0.251 e. The molecule has 0 spiro atoms. The number of hydrogen-bond donors (Lipinski definition) is 1. The van der Waals surface area contributed by atoms with Gasteiger partial charge >= 0.3 is 0 Å². The Balaban J connectivity index is 1.90. The molecular weight excluding hydrogens is 415 g/mol. The molecule has 170 valence electrons. The predicted molar refractivity (Wildman–Crippen MR) is 116 cm³/mol. The molecule has 1 atom stereocenters. The van der Waals surface area contributed by atoms with Crippen LogP contribution in [0.5, 0.6) is 0 Å². The number of nitrogens with zero attached hydrogens (tertiary/aromatic N) is 5. The summed E-state index contributed by atoms with van der Waals surface area (Å²) < 4.78 is 19.4. The van der Waals surface area contributed by atoms with Gasteiger partial charge < -0.3 is 9.73 Å². The Morgan fingerprint density at radius 2 is 2.00 bits per heavy atom.